The molecular formula is C14H15BrClN5O. The number of hydrogen-bond acceptors (Lipinski definition) is 5. The molecule has 0 radical (unpaired) electrons. The van der Waals surface area contributed by atoms with Gasteiger partial charge in [-0.15, -0.1) is 0 Å². The molecule has 3 N–H and O–H groups in total. The van der Waals surface area contributed by atoms with E-state index in [0.717, 1.165) is 15.7 Å². The second-order valence-electron chi connectivity index (χ2n) is 4.50. The molecule has 8 heteroatoms. The Morgan fingerprint density at radius 1 is 1.36 bits per heavy atom. The monoisotopic (exact) mass is 383 g/mol. The first-order valence-electron chi connectivity index (χ1n) is 6.49. The summed E-state index contributed by atoms with van der Waals surface area (Å²) < 4.78 is 0.998. The number of hydrogen-bond donors (Lipinski definition) is 3. The Morgan fingerprint density at radius 3 is 2.82 bits per heavy atom. The summed E-state index contributed by atoms with van der Waals surface area (Å²) in [6.07, 6.45) is 1.33. The molecule has 1 heterocycles. The molecular weight excluding hydrogens is 370 g/mol. The summed E-state index contributed by atoms with van der Waals surface area (Å²) in [5.41, 5.74) is 2.34. The van der Waals surface area contributed by atoms with Crippen molar-refractivity contribution >= 4 is 50.6 Å². The molecule has 22 heavy (non-hydrogen) atoms. The minimum Gasteiger partial charge on any atom is -0.383 e. The Bertz CT molecular complexity index is 695. The van der Waals surface area contributed by atoms with E-state index in [2.05, 4.69) is 41.8 Å². The minimum absolute atomic E-state index is 0.0666. The molecule has 0 fully saturated rings. The number of anilines is 3. The van der Waals surface area contributed by atoms with Crippen molar-refractivity contribution in [2.45, 2.75) is 6.92 Å². The molecule has 0 saturated carbocycles. The minimum atomic E-state index is -0.182. The maximum atomic E-state index is 12.0. The van der Waals surface area contributed by atoms with Gasteiger partial charge in [0.25, 0.3) is 0 Å². The van der Waals surface area contributed by atoms with Gasteiger partial charge in [0, 0.05) is 17.2 Å². The number of amides is 1. The molecule has 1 aromatic carbocycles. The predicted octanol–water partition coefficient (Wildman–Crippen LogP) is 3.29. The normalized spacial score (nSPS) is 10.2. The first-order valence-corrected chi connectivity index (χ1v) is 7.66. The zero-order valence-corrected chi connectivity index (χ0v) is 14.4. The second kappa shape index (κ2) is 7.42. The SMILES string of the molecule is CNc1c(Cl)ncnc1NCC(=O)Nc1ccc(Br)c(C)c1. The van der Waals surface area contributed by atoms with Crippen LogP contribution in [0.25, 0.3) is 0 Å². The first-order chi connectivity index (χ1) is 10.5. The van der Waals surface area contributed by atoms with E-state index in [-0.39, 0.29) is 12.5 Å². The molecule has 2 rings (SSSR count). The maximum absolute atomic E-state index is 12.0. The average molecular weight is 385 g/mol. The van der Waals surface area contributed by atoms with E-state index >= 15 is 0 Å². The highest BCUT2D eigenvalue weighted by atomic mass is 79.9. The van der Waals surface area contributed by atoms with Crippen LogP contribution >= 0.6 is 27.5 Å². The fourth-order valence-electron chi connectivity index (χ4n) is 1.81. The van der Waals surface area contributed by atoms with Crippen molar-refractivity contribution in [3.63, 3.8) is 0 Å². The molecule has 6 nitrogen and oxygen atoms in total. The molecule has 116 valence electrons. The van der Waals surface area contributed by atoms with E-state index in [4.69, 9.17) is 11.6 Å². The highest BCUT2D eigenvalue weighted by molar-refractivity contribution is 9.10. The number of halogens is 2. The molecule has 2 aromatic rings. The Kier molecular flexibility index (Phi) is 5.57. The summed E-state index contributed by atoms with van der Waals surface area (Å²) in [4.78, 5) is 19.9. The second-order valence-corrected chi connectivity index (χ2v) is 5.72. The van der Waals surface area contributed by atoms with Crippen molar-refractivity contribution in [2.24, 2.45) is 0 Å². The smallest absolute Gasteiger partial charge is 0.243 e. The number of aryl methyl sites for hydroxylation is 1. The summed E-state index contributed by atoms with van der Waals surface area (Å²) >= 11 is 9.37. The lowest BCUT2D eigenvalue weighted by Crippen LogP contribution is -2.22. The van der Waals surface area contributed by atoms with E-state index in [1.807, 2.05) is 25.1 Å². The van der Waals surface area contributed by atoms with E-state index in [0.29, 0.717) is 16.7 Å². The molecule has 0 atom stereocenters. The Morgan fingerprint density at radius 2 is 2.14 bits per heavy atom. The lowest BCUT2D eigenvalue weighted by atomic mass is 10.2. The van der Waals surface area contributed by atoms with Crippen molar-refractivity contribution in [3.05, 3.63) is 39.7 Å². The van der Waals surface area contributed by atoms with E-state index in [9.17, 15) is 4.79 Å². The molecule has 1 aromatic heterocycles. The lowest BCUT2D eigenvalue weighted by Gasteiger charge is -2.11. The van der Waals surface area contributed by atoms with Crippen molar-refractivity contribution in [2.75, 3.05) is 29.5 Å². The van der Waals surface area contributed by atoms with Gasteiger partial charge in [0.05, 0.1) is 6.54 Å². The average Bonchev–Trinajstić information content (AvgIpc) is 2.49. The van der Waals surface area contributed by atoms with Gasteiger partial charge in [0.15, 0.2) is 11.0 Å². The van der Waals surface area contributed by atoms with Crippen molar-refractivity contribution in [1.29, 1.82) is 0 Å². The Hall–Kier alpha value is -1.86. The van der Waals surface area contributed by atoms with Gasteiger partial charge in [-0.1, -0.05) is 27.5 Å². The Labute approximate surface area is 141 Å². The molecule has 0 aliphatic heterocycles. The van der Waals surface area contributed by atoms with Crippen LogP contribution in [0.15, 0.2) is 29.0 Å². The fraction of sp³-hybridized carbons (Fsp3) is 0.214. The van der Waals surface area contributed by atoms with Gasteiger partial charge >= 0.3 is 0 Å². The van der Waals surface area contributed by atoms with Crippen LogP contribution in [-0.2, 0) is 4.79 Å². The zero-order chi connectivity index (χ0) is 16.1. The summed E-state index contributed by atoms with van der Waals surface area (Å²) in [5.74, 6) is 0.295. The summed E-state index contributed by atoms with van der Waals surface area (Å²) in [5, 5.41) is 8.93. The lowest BCUT2D eigenvalue weighted by molar-refractivity contribution is -0.114. The quantitative estimate of drug-likeness (QED) is 0.689. The standard InChI is InChI=1S/C14H15BrClN5O/c1-8-5-9(3-4-10(8)15)21-11(22)6-18-14-12(17-2)13(16)19-7-20-14/h3-5,7,17H,6H2,1-2H3,(H,21,22)(H,18,19,20). The molecule has 0 saturated heterocycles. The maximum Gasteiger partial charge on any atom is 0.243 e. The molecule has 0 aliphatic carbocycles. The van der Waals surface area contributed by atoms with E-state index in [1.54, 1.807) is 7.05 Å². The van der Waals surface area contributed by atoms with Crippen LogP contribution in [0.5, 0.6) is 0 Å². The largest absolute Gasteiger partial charge is 0.383 e. The molecule has 0 aliphatic rings. The first kappa shape index (κ1) is 16.5. The van der Waals surface area contributed by atoms with Gasteiger partial charge in [0.2, 0.25) is 5.91 Å². The topological polar surface area (TPSA) is 78.9 Å². The van der Waals surface area contributed by atoms with Gasteiger partial charge in [-0.2, -0.15) is 0 Å². The fourth-order valence-corrected chi connectivity index (χ4v) is 2.29. The number of nitrogens with one attached hydrogen (secondary N) is 3. The number of rotatable bonds is 5. The number of carbonyl (C=O) groups excluding carboxylic acids is 1. The van der Waals surface area contributed by atoms with Gasteiger partial charge in [-0.25, -0.2) is 9.97 Å². The summed E-state index contributed by atoms with van der Waals surface area (Å²) in [6.45, 7) is 2.03. The van der Waals surface area contributed by atoms with Crippen molar-refractivity contribution in [3.8, 4) is 0 Å². The van der Waals surface area contributed by atoms with E-state index < -0.39 is 0 Å². The third-order valence-corrected chi connectivity index (χ3v) is 4.09. The van der Waals surface area contributed by atoms with Crippen LogP contribution in [0.3, 0.4) is 0 Å². The number of nitrogens with zero attached hydrogens (tertiary/aromatic N) is 2. The molecule has 1 amide bonds. The molecule has 0 spiro atoms. The van der Waals surface area contributed by atoms with Crippen LogP contribution < -0.4 is 16.0 Å². The highest BCUT2D eigenvalue weighted by Crippen LogP contribution is 2.25. The van der Waals surface area contributed by atoms with Crippen molar-refractivity contribution in [1.82, 2.24) is 9.97 Å². The number of benzene rings is 1. The van der Waals surface area contributed by atoms with Gasteiger partial charge in [-0.05, 0) is 30.7 Å². The summed E-state index contributed by atoms with van der Waals surface area (Å²) in [7, 11) is 1.71. The molecule has 0 bridgehead atoms. The molecule has 0 unspecified atom stereocenters. The van der Waals surface area contributed by atoms with Crippen LogP contribution in [0, 0.1) is 6.92 Å². The van der Waals surface area contributed by atoms with Crippen LogP contribution in [0.4, 0.5) is 17.2 Å². The van der Waals surface area contributed by atoms with Crippen molar-refractivity contribution < 1.29 is 4.79 Å². The van der Waals surface area contributed by atoms with Gasteiger partial charge in [0.1, 0.15) is 12.0 Å². The predicted molar refractivity (Wildman–Crippen MR) is 92.6 cm³/mol. The number of carbonyl (C=O) groups is 1. The van der Waals surface area contributed by atoms with Crippen LogP contribution in [0.2, 0.25) is 5.15 Å². The van der Waals surface area contributed by atoms with Gasteiger partial charge in [-0.3, -0.25) is 4.79 Å². The van der Waals surface area contributed by atoms with E-state index in [1.165, 1.54) is 6.33 Å². The Balaban J connectivity index is 1.98. The number of aromatic nitrogens is 2. The van der Waals surface area contributed by atoms with Gasteiger partial charge < -0.3 is 16.0 Å². The third kappa shape index (κ3) is 4.08. The summed E-state index contributed by atoms with van der Waals surface area (Å²) in [6, 6.07) is 5.61. The zero-order valence-electron chi connectivity index (χ0n) is 12.1. The third-order valence-electron chi connectivity index (χ3n) is 2.91. The van der Waals surface area contributed by atoms with Crippen LogP contribution in [-0.4, -0.2) is 29.5 Å². The van der Waals surface area contributed by atoms with Crippen LogP contribution in [0.1, 0.15) is 5.56 Å². The highest BCUT2D eigenvalue weighted by Gasteiger charge is 2.10.